The van der Waals surface area contributed by atoms with Crippen LogP contribution in [0.2, 0.25) is 0 Å². The van der Waals surface area contributed by atoms with Gasteiger partial charge in [-0.05, 0) is 100.0 Å². The average Bonchev–Trinajstić information content (AvgIpc) is 3.70. The van der Waals surface area contributed by atoms with Crippen LogP contribution in [0.25, 0.3) is 32.9 Å². The van der Waals surface area contributed by atoms with Gasteiger partial charge in [0.25, 0.3) is 6.47 Å². The number of aryl methyl sites for hydroxylation is 1. The number of piperidine rings is 1. The van der Waals surface area contributed by atoms with Gasteiger partial charge in [0.05, 0.1) is 29.6 Å². The molecule has 3 saturated heterocycles. The molecule has 53 heavy (non-hydrogen) atoms. The summed E-state index contributed by atoms with van der Waals surface area (Å²) in [5.74, 6) is -1.06. The second-order valence-corrected chi connectivity index (χ2v) is 14.9. The Morgan fingerprint density at radius 3 is 2.60 bits per heavy atom. The summed E-state index contributed by atoms with van der Waals surface area (Å²) in [7, 11) is 0. The van der Waals surface area contributed by atoms with E-state index in [4.69, 9.17) is 19.2 Å². The number of nitrogens with zero attached hydrogens (tertiary/aromatic N) is 5. The van der Waals surface area contributed by atoms with Gasteiger partial charge in [0.1, 0.15) is 40.9 Å². The first-order valence-corrected chi connectivity index (χ1v) is 18.5. The van der Waals surface area contributed by atoms with Crippen LogP contribution in [-0.2, 0) is 16.0 Å². The fraction of sp³-hybridized carbons (Fsp3) is 0.513. The van der Waals surface area contributed by atoms with E-state index in [1.165, 1.54) is 31.3 Å². The number of alkyl halides is 1. The number of benzene rings is 2. The van der Waals surface area contributed by atoms with E-state index in [-0.39, 0.29) is 97.7 Å². The Labute approximate surface area is 307 Å². The number of carbonyl (C=O) groups excluding carboxylic acids is 2. The molecule has 5 aliphatic heterocycles. The first-order chi connectivity index (χ1) is 25.5. The number of pyridine rings is 1. The van der Waals surface area contributed by atoms with E-state index >= 15 is 13.2 Å². The van der Waals surface area contributed by atoms with E-state index in [0.717, 1.165) is 38.8 Å². The van der Waals surface area contributed by atoms with Crippen LogP contribution in [0.5, 0.6) is 11.8 Å². The van der Waals surface area contributed by atoms with Gasteiger partial charge in [0.2, 0.25) is 0 Å². The van der Waals surface area contributed by atoms with Crippen LogP contribution in [-0.4, -0.2) is 88.6 Å². The van der Waals surface area contributed by atoms with Gasteiger partial charge < -0.3 is 24.4 Å². The highest BCUT2D eigenvalue weighted by Gasteiger charge is 2.47. The molecule has 6 bridgehead atoms. The summed E-state index contributed by atoms with van der Waals surface area (Å²) in [6.07, 6.45) is 5.07. The summed E-state index contributed by atoms with van der Waals surface area (Å²) >= 11 is 0. The zero-order chi connectivity index (χ0) is 37.5. The Hall–Kier alpha value is -4.72. The Morgan fingerprint density at radius 2 is 1.85 bits per heavy atom. The van der Waals surface area contributed by atoms with Gasteiger partial charge in [0.15, 0.2) is 5.82 Å². The molecule has 1 unspecified atom stereocenters. The summed E-state index contributed by atoms with van der Waals surface area (Å²) in [5, 5.41) is 3.90. The zero-order valence-electron chi connectivity index (χ0n) is 30.6. The molecule has 1 amide bonds. The van der Waals surface area contributed by atoms with Gasteiger partial charge in [-0.2, -0.15) is 9.97 Å². The van der Waals surface area contributed by atoms with Gasteiger partial charge >= 0.3 is 12.1 Å². The lowest BCUT2D eigenvalue weighted by molar-refractivity contribution is -0.120. The van der Waals surface area contributed by atoms with Crippen molar-refractivity contribution in [2.75, 3.05) is 44.3 Å². The SMILES string of the molecule is CC.CC1(F)CN2C[C@@](C)(C1)NC(=O)OCCCc1c(F)ccc3cc(OC=O)cc(c13)-c1ncc3c2nc(OCC24CCCN2CCC4)nc3c1F.[HH]. The fourth-order valence-electron chi connectivity index (χ4n) is 8.95. The Kier molecular flexibility index (Phi) is 9.85. The highest BCUT2D eigenvalue weighted by atomic mass is 19.1. The molecule has 0 saturated carbocycles. The van der Waals surface area contributed by atoms with Gasteiger partial charge in [0, 0.05) is 26.2 Å². The molecule has 4 aromatic rings. The maximum absolute atomic E-state index is 17.2. The van der Waals surface area contributed by atoms with Crippen LogP contribution in [0.3, 0.4) is 0 Å². The summed E-state index contributed by atoms with van der Waals surface area (Å²) in [4.78, 5) is 42.5. The minimum absolute atomic E-state index is 0. The van der Waals surface area contributed by atoms with E-state index in [1.807, 2.05) is 13.8 Å². The van der Waals surface area contributed by atoms with Crippen LogP contribution in [0.1, 0.15) is 73.2 Å². The van der Waals surface area contributed by atoms with Crippen molar-refractivity contribution in [2.24, 2.45) is 0 Å². The minimum atomic E-state index is -1.79. The van der Waals surface area contributed by atoms with Crippen LogP contribution >= 0.6 is 0 Å². The minimum Gasteiger partial charge on any atom is -0.461 e. The number of ether oxygens (including phenoxy) is 3. The maximum atomic E-state index is 17.2. The standard InChI is InChI=1S/C37H39F3N6O5.C2H6.H2/c1-35(40)17-36(2)19-45(18-35)32-26-16-41-30(29(39)31(26)42-33(43-32)50-20-37-9-4-11-46(37)12-5-10-37)25-15-23(51-21-47)14-22-7-8-27(38)24(28(22)25)6-3-13-49-34(48)44-36;1-2;/h7-8,14-16,21H,3-6,9-13,17-20H2,1-2H3,(H,44,48);1-2H3;1H/t35?,36-;;/m1../s1. The second-order valence-electron chi connectivity index (χ2n) is 14.9. The summed E-state index contributed by atoms with van der Waals surface area (Å²) < 4.78 is 66.0. The summed E-state index contributed by atoms with van der Waals surface area (Å²) in [5.41, 5.74) is -2.89. The molecule has 2 atom stereocenters. The third-order valence-corrected chi connectivity index (χ3v) is 10.8. The van der Waals surface area contributed by atoms with Gasteiger partial charge in [-0.25, -0.2) is 18.0 Å². The summed E-state index contributed by atoms with van der Waals surface area (Å²) in [6.45, 7) is 9.67. The van der Waals surface area contributed by atoms with Gasteiger partial charge in [-0.15, -0.1) is 0 Å². The molecule has 5 aliphatic rings. The number of halogens is 3. The second kappa shape index (κ2) is 14.3. The smallest absolute Gasteiger partial charge is 0.407 e. The van der Waals surface area contributed by atoms with Crippen molar-refractivity contribution in [3.05, 3.63) is 47.7 Å². The van der Waals surface area contributed by atoms with Crippen molar-refractivity contribution in [1.29, 1.82) is 0 Å². The highest BCUT2D eigenvalue weighted by Crippen LogP contribution is 2.43. The number of hydrogen-bond donors (Lipinski definition) is 1. The lowest BCUT2D eigenvalue weighted by atomic mass is 9.83. The molecule has 7 heterocycles. The lowest BCUT2D eigenvalue weighted by Gasteiger charge is -2.46. The number of aromatic nitrogens is 3. The highest BCUT2D eigenvalue weighted by molar-refractivity contribution is 6.02. The largest absolute Gasteiger partial charge is 0.461 e. The molecule has 3 fully saturated rings. The maximum Gasteiger partial charge on any atom is 0.407 e. The molecule has 14 heteroatoms. The number of anilines is 1. The monoisotopic (exact) mass is 736 g/mol. The third-order valence-electron chi connectivity index (χ3n) is 10.8. The molecule has 11 nitrogen and oxygen atoms in total. The van der Waals surface area contributed by atoms with Gasteiger partial charge in [-0.1, -0.05) is 19.9 Å². The van der Waals surface area contributed by atoms with Crippen molar-refractivity contribution in [1.82, 2.24) is 25.2 Å². The first-order valence-electron chi connectivity index (χ1n) is 18.5. The van der Waals surface area contributed by atoms with Crippen molar-refractivity contribution >= 4 is 40.1 Å². The van der Waals surface area contributed by atoms with Crippen LogP contribution in [0, 0.1) is 11.6 Å². The van der Waals surface area contributed by atoms with E-state index in [2.05, 4.69) is 20.2 Å². The number of fused-ring (bicyclic) bond motifs is 7. The van der Waals surface area contributed by atoms with E-state index in [9.17, 15) is 9.59 Å². The number of alkyl carbamates (subject to hydrolysis) is 1. The number of amides is 1. The molecular weight excluding hydrogens is 689 g/mol. The van der Waals surface area contributed by atoms with Crippen molar-refractivity contribution < 1.29 is 38.4 Å². The van der Waals surface area contributed by atoms with Gasteiger partial charge in [-0.3, -0.25) is 14.7 Å². The van der Waals surface area contributed by atoms with Crippen LogP contribution in [0.15, 0.2) is 30.5 Å². The number of rotatable bonds is 5. The molecule has 2 aromatic heterocycles. The Morgan fingerprint density at radius 1 is 1.08 bits per heavy atom. The summed E-state index contributed by atoms with van der Waals surface area (Å²) in [6, 6.07) is 5.73. The average molecular weight is 737 g/mol. The first kappa shape index (κ1) is 36.6. The van der Waals surface area contributed by atoms with E-state index in [1.54, 1.807) is 17.9 Å². The van der Waals surface area contributed by atoms with E-state index in [0.29, 0.717) is 17.4 Å². The molecule has 9 rings (SSSR count). The molecular formula is C39H47F3N6O5. The number of carbonyl (C=O) groups is 2. The van der Waals surface area contributed by atoms with Crippen molar-refractivity contribution in [3.63, 3.8) is 0 Å². The molecule has 0 aliphatic carbocycles. The van der Waals surface area contributed by atoms with Crippen molar-refractivity contribution in [3.8, 4) is 23.0 Å². The van der Waals surface area contributed by atoms with Crippen molar-refractivity contribution in [2.45, 2.75) is 89.4 Å². The fourth-order valence-corrected chi connectivity index (χ4v) is 8.95. The molecule has 0 radical (unpaired) electrons. The van der Waals surface area contributed by atoms with Crippen LogP contribution in [0.4, 0.5) is 23.8 Å². The molecule has 1 N–H and O–H groups in total. The van der Waals surface area contributed by atoms with E-state index < -0.39 is 28.9 Å². The quantitative estimate of drug-likeness (QED) is 0.209. The normalized spacial score (nSPS) is 23.9. The third kappa shape index (κ3) is 6.93. The molecule has 284 valence electrons. The number of nitrogens with one attached hydrogen (secondary N) is 1. The zero-order valence-corrected chi connectivity index (χ0v) is 30.6. The Balaban J connectivity index is 0.00000163. The predicted molar refractivity (Wildman–Crippen MR) is 196 cm³/mol. The molecule has 2 aromatic carbocycles. The Bertz CT molecular complexity index is 2060. The topological polar surface area (TPSA) is 119 Å². The van der Waals surface area contributed by atoms with Crippen LogP contribution < -0.4 is 19.7 Å². The number of hydrogen-bond acceptors (Lipinski definition) is 10. The lowest BCUT2D eigenvalue weighted by Crippen LogP contribution is -2.63. The molecule has 0 spiro atoms. The predicted octanol–water partition coefficient (Wildman–Crippen LogP) is 7.31.